The summed E-state index contributed by atoms with van der Waals surface area (Å²) >= 11 is 9.59. The largest absolute Gasteiger partial charge is 0.480 e. The van der Waals surface area contributed by atoms with Crippen molar-refractivity contribution in [1.82, 2.24) is 19.9 Å². The Kier molecular flexibility index (Phi) is 5.21. The van der Waals surface area contributed by atoms with Gasteiger partial charge in [0.1, 0.15) is 6.04 Å². The lowest BCUT2D eigenvalue weighted by atomic mass is 10.0. The number of halogens is 2. The van der Waals surface area contributed by atoms with E-state index < -0.39 is 17.9 Å². The molecule has 1 aliphatic heterocycles. The van der Waals surface area contributed by atoms with Gasteiger partial charge in [0.15, 0.2) is 0 Å². The summed E-state index contributed by atoms with van der Waals surface area (Å²) in [5, 5.41) is 22.6. The zero-order valence-electron chi connectivity index (χ0n) is 16.6. The maximum Gasteiger partial charge on any atom is 0.327 e. The van der Waals surface area contributed by atoms with Crippen molar-refractivity contribution in [2.75, 3.05) is 19.6 Å². The minimum absolute atomic E-state index is 0.0945. The molecule has 0 spiro atoms. The Bertz CT molecular complexity index is 1380. The van der Waals surface area contributed by atoms with Crippen molar-refractivity contribution in [2.45, 2.75) is 6.04 Å². The van der Waals surface area contributed by atoms with Gasteiger partial charge in [-0.3, -0.25) is 4.79 Å². The van der Waals surface area contributed by atoms with Crippen molar-refractivity contribution in [3.05, 3.63) is 57.5 Å². The molecule has 10 heteroatoms. The molecule has 0 aliphatic carbocycles. The summed E-state index contributed by atoms with van der Waals surface area (Å²) in [6.07, 6.45) is 0. The fourth-order valence-electron chi connectivity index (χ4n) is 4.20. The third-order valence-corrected chi connectivity index (χ3v) is 6.46. The molecule has 1 unspecified atom stereocenters. The number of rotatable bonds is 3. The lowest BCUT2D eigenvalue weighted by Gasteiger charge is -2.36. The Balaban J connectivity index is 1.69. The summed E-state index contributed by atoms with van der Waals surface area (Å²) in [5.41, 5.74) is 3.22. The predicted octanol–water partition coefficient (Wildman–Crippen LogP) is 4.33. The molecule has 0 radical (unpaired) electrons. The van der Waals surface area contributed by atoms with Gasteiger partial charge in [0.2, 0.25) is 0 Å². The number of hydrogen-bond acceptors (Lipinski definition) is 4. The number of nitrogens with one attached hydrogen (secondary N) is 2. The van der Waals surface area contributed by atoms with Gasteiger partial charge >= 0.3 is 5.97 Å². The van der Waals surface area contributed by atoms with Crippen molar-refractivity contribution in [3.8, 4) is 11.4 Å². The summed E-state index contributed by atoms with van der Waals surface area (Å²) in [5.74, 6) is -1.58. The first-order chi connectivity index (χ1) is 15.3. The quantitative estimate of drug-likeness (QED) is 0.323. The smallest absolute Gasteiger partial charge is 0.327 e. The molecule has 32 heavy (non-hydrogen) atoms. The van der Waals surface area contributed by atoms with Gasteiger partial charge in [-0.2, -0.15) is 5.06 Å². The molecule has 0 bridgehead atoms. The Labute approximate surface area is 195 Å². The molecule has 2 aromatic carbocycles. The fourth-order valence-corrected chi connectivity index (χ4v) is 4.74. The highest BCUT2D eigenvalue weighted by Crippen LogP contribution is 2.35. The first kappa shape index (κ1) is 21.0. The number of carboxylic acid groups (broad SMARTS) is 1. The van der Waals surface area contributed by atoms with Gasteiger partial charge in [0.05, 0.1) is 23.5 Å². The van der Waals surface area contributed by atoms with Gasteiger partial charge in [-0.15, -0.1) is 0 Å². The highest BCUT2D eigenvalue weighted by molar-refractivity contribution is 9.10. The fraction of sp³-hybridized carbons (Fsp3) is 0.182. The Morgan fingerprint density at radius 2 is 1.88 bits per heavy atom. The van der Waals surface area contributed by atoms with Gasteiger partial charge in [-0.25, -0.2) is 4.79 Å². The van der Waals surface area contributed by atoms with Gasteiger partial charge in [0, 0.05) is 44.4 Å². The normalized spacial score (nSPS) is 17.3. The first-order valence-corrected chi connectivity index (χ1v) is 11.1. The third kappa shape index (κ3) is 3.57. The molecule has 1 aliphatic rings. The summed E-state index contributed by atoms with van der Waals surface area (Å²) in [6.45, 7) is 0.107. The molecule has 3 heterocycles. The number of aromatic nitrogens is 2. The van der Waals surface area contributed by atoms with Crippen LogP contribution in [0, 0.1) is 0 Å². The van der Waals surface area contributed by atoms with E-state index in [1.165, 1.54) is 4.90 Å². The average molecular weight is 518 g/mol. The van der Waals surface area contributed by atoms with Crippen LogP contribution in [-0.4, -0.2) is 67.8 Å². The van der Waals surface area contributed by atoms with E-state index in [0.29, 0.717) is 27.4 Å². The highest BCUT2D eigenvalue weighted by Gasteiger charge is 2.37. The second kappa shape index (κ2) is 7.93. The SMILES string of the molecule is O=C(O)C1CN(O)CCN1C(=O)c1c(-c2cc3cc(Cl)ccc3[nH]2)[nH]c2cc(Br)ccc12. The average Bonchev–Trinajstić information content (AvgIpc) is 3.33. The van der Waals surface area contributed by atoms with Gasteiger partial charge in [-0.05, 0) is 36.4 Å². The van der Waals surface area contributed by atoms with Crippen molar-refractivity contribution in [1.29, 1.82) is 0 Å². The molecule has 2 aromatic heterocycles. The number of piperazine rings is 1. The molecule has 1 saturated heterocycles. The Hall–Kier alpha value is -2.85. The van der Waals surface area contributed by atoms with Crippen LogP contribution >= 0.6 is 27.5 Å². The molecule has 8 nitrogen and oxygen atoms in total. The molecular weight excluding hydrogens is 500 g/mol. The van der Waals surface area contributed by atoms with Gasteiger partial charge in [-0.1, -0.05) is 33.6 Å². The number of carbonyl (C=O) groups excluding carboxylic acids is 1. The maximum absolute atomic E-state index is 13.7. The van der Waals surface area contributed by atoms with E-state index in [2.05, 4.69) is 25.9 Å². The zero-order chi connectivity index (χ0) is 22.6. The molecule has 4 aromatic rings. The first-order valence-electron chi connectivity index (χ1n) is 9.89. The summed E-state index contributed by atoms with van der Waals surface area (Å²) in [6, 6.07) is 11.8. The van der Waals surface area contributed by atoms with E-state index in [-0.39, 0.29) is 19.6 Å². The number of aromatic amines is 2. The number of carbonyl (C=O) groups is 2. The number of amides is 1. The van der Waals surface area contributed by atoms with Crippen LogP contribution < -0.4 is 0 Å². The van der Waals surface area contributed by atoms with E-state index >= 15 is 0 Å². The summed E-state index contributed by atoms with van der Waals surface area (Å²) in [4.78, 5) is 33.5. The number of fused-ring (bicyclic) bond motifs is 2. The maximum atomic E-state index is 13.7. The molecule has 1 atom stereocenters. The number of hydroxylamine groups is 2. The second-order valence-electron chi connectivity index (χ2n) is 7.74. The molecule has 5 rings (SSSR count). The molecule has 0 saturated carbocycles. The number of H-pyrrole nitrogens is 2. The second-order valence-corrected chi connectivity index (χ2v) is 9.10. The van der Waals surface area contributed by atoms with Crippen LogP contribution in [0.25, 0.3) is 33.2 Å². The Morgan fingerprint density at radius 3 is 2.66 bits per heavy atom. The van der Waals surface area contributed by atoms with Crippen LogP contribution in [-0.2, 0) is 4.79 Å². The topological polar surface area (TPSA) is 113 Å². The van der Waals surface area contributed by atoms with Crippen LogP contribution in [0.3, 0.4) is 0 Å². The minimum atomic E-state index is -1.17. The summed E-state index contributed by atoms with van der Waals surface area (Å²) in [7, 11) is 0. The van der Waals surface area contributed by atoms with Crippen LogP contribution in [0.5, 0.6) is 0 Å². The van der Waals surface area contributed by atoms with E-state index in [1.807, 2.05) is 36.4 Å². The van der Waals surface area contributed by atoms with Crippen LogP contribution in [0.4, 0.5) is 0 Å². The third-order valence-electron chi connectivity index (χ3n) is 5.73. The van der Waals surface area contributed by atoms with Gasteiger partial charge in [0.25, 0.3) is 5.91 Å². The van der Waals surface area contributed by atoms with Crippen molar-refractivity contribution in [3.63, 3.8) is 0 Å². The standard InChI is InChI=1S/C22H18BrClN4O4/c23-12-1-3-14-16(9-12)26-20(17-8-11-7-13(24)2-4-15(11)25-17)19(14)21(29)28-6-5-27(32)10-18(28)22(30)31/h1-4,7-9,18,25-26,32H,5-6,10H2,(H,30,31). The lowest BCUT2D eigenvalue weighted by molar-refractivity contribution is -0.160. The van der Waals surface area contributed by atoms with E-state index in [0.717, 1.165) is 26.0 Å². The van der Waals surface area contributed by atoms with Crippen molar-refractivity contribution in [2.24, 2.45) is 0 Å². The van der Waals surface area contributed by atoms with Crippen LogP contribution in [0.1, 0.15) is 10.4 Å². The van der Waals surface area contributed by atoms with Crippen molar-refractivity contribution >= 4 is 61.2 Å². The zero-order valence-corrected chi connectivity index (χ0v) is 18.9. The molecule has 4 N–H and O–H groups in total. The van der Waals surface area contributed by atoms with E-state index in [1.54, 1.807) is 6.07 Å². The summed E-state index contributed by atoms with van der Waals surface area (Å²) < 4.78 is 0.845. The predicted molar refractivity (Wildman–Crippen MR) is 124 cm³/mol. The van der Waals surface area contributed by atoms with E-state index in [9.17, 15) is 19.9 Å². The minimum Gasteiger partial charge on any atom is -0.480 e. The number of aliphatic carboxylic acids is 1. The number of nitrogens with zero attached hydrogens (tertiary/aromatic N) is 2. The molecular formula is C22H18BrClN4O4. The molecule has 1 amide bonds. The molecule has 164 valence electrons. The number of carboxylic acids is 1. The van der Waals surface area contributed by atoms with Crippen molar-refractivity contribution < 1.29 is 19.9 Å². The van der Waals surface area contributed by atoms with Crippen LogP contribution in [0.2, 0.25) is 5.02 Å². The number of benzene rings is 2. The Morgan fingerprint density at radius 1 is 1.06 bits per heavy atom. The van der Waals surface area contributed by atoms with Crippen LogP contribution in [0.15, 0.2) is 46.9 Å². The molecule has 1 fully saturated rings. The monoisotopic (exact) mass is 516 g/mol. The highest BCUT2D eigenvalue weighted by atomic mass is 79.9. The lowest BCUT2D eigenvalue weighted by Crippen LogP contribution is -2.57. The number of hydrogen-bond donors (Lipinski definition) is 4. The van der Waals surface area contributed by atoms with Gasteiger partial charge < -0.3 is 25.2 Å². The van der Waals surface area contributed by atoms with E-state index in [4.69, 9.17) is 11.6 Å².